The first-order valence-corrected chi connectivity index (χ1v) is 23.7. The van der Waals surface area contributed by atoms with Gasteiger partial charge in [0.1, 0.15) is 25.9 Å². The fourth-order valence-corrected chi connectivity index (χ4v) is 7.67. The predicted molar refractivity (Wildman–Crippen MR) is 221 cm³/mol. The summed E-state index contributed by atoms with van der Waals surface area (Å²) in [7, 11) is 1.02. The topological polar surface area (TPSA) is 161 Å². The second kappa shape index (κ2) is 29.3. The molecule has 2 aliphatic rings. The number of allylic oxidation sites excluding steroid dienone is 2. The van der Waals surface area contributed by atoms with Crippen molar-refractivity contribution < 1.29 is 56.7 Å². The number of nitrogens with zero attached hydrogens (tertiary/aromatic N) is 1. The SMILES string of the molecule is CCCCC/C=C\C[C@@H]1/C(=C\[C@H]2O[C@@H]2CCCC(=O)O[C@@H](COC(=O)CCCCCCCCCCCCCCC)COP(=O)([O-])OCC[N+](C)(C)C)C(=O)C[C@H]1O. The average Bonchev–Trinajstić information content (AvgIpc) is 3.83. The molecule has 0 aromatic heterocycles. The molecule has 2 rings (SSSR count). The fourth-order valence-electron chi connectivity index (χ4n) is 6.94. The Hall–Kier alpha value is -1.92. The Kier molecular flexibility index (Phi) is 26.4. The number of unbranched alkanes of at least 4 members (excludes halogenated alkanes) is 15. The van der Waals surface area contributed by atoms with Crippen LogP contribution in [0.25, 0.3) is 0 Å². The second-order valence-corrected chi connectivity index (χ2v) is 18.4. The van der Waals surface area contributed by atoms with Crippen LogP contribution in [-0.4, -0.2) is 99.2 Å². The summed E-state index contributed by atoms with van der Waals surface area (Å²) in [5.41, 5.74) is 0.621. The monoisotopic (exact) mass is 828 g/mol. The van der Waals surface area contributed by atoms with Gasteiger partial charge in [0.25, 0.3) is 7.82 Å². The average molecular weight is 828 g/mol. The lowest BCUT2D eigenvalue weighted by Gasteiger charge is -2.28. The fraction of sp³-hybridized carbons (Fsp3) is 0.841. The van der Waals surface area contributed by atoms with Gasteiger partial charge in [-0.3, -0.25) is 18.9 Å². The quantitative estimate of drug-likeness (QED) is 0.0124. The van der Waals surface area contributed by atoms with Gasteiger partial charge in [-0.25, -0.2) is 0 Å². The van der Waals surface area contributed by atoms with Gasteiger partial charge in [-0.15, -0.1) is 0 Å². The zero-order chi connectivity index (χ0) is 41.9. The Morgan fingerprint density at radius 1 is 0.842 bits per heavy atom. The first-order chi connectivity index (χ1) is 27.2. The number of carbonyl (C=O) groups is 3. The van der Waals surface area contributed by atoms with Crippen LogP contribution in [0.3, 0.4) is 0 Å². The van der Waals surface area contributed by atoms with Crippen molar-refractivity contribution >= 4 is 25.5 Å². The van der Waals surface area contributed by atoms with E-state index in [0.29, 0.717) is 42.3 Å². The Balaban J connectivity index is 1.76. The number of Topliss-reactive ketones (excluding diaryl/α,β-unsaturated/α-hetero) is 1. The number of esters is 2. The third-order valence-corrected chi connectivity index (χ3v) is 11.6. The summed E-state index contributed by atoms with van der Waals surface area (Å²) in [6.45, 7) is 3.88. The van der Waals surface area contributed by atoms with E-state index in [1.807, 2.05) is 27.2 Å². The molecule has 12 nitrogen and oxygen atoms in total. The highest BCUT2D eigenvalue weighted by atomic mass is 31.2. The Morgan fingerprint density at radius 3 is 2.07 bits per heavy atom. The minimum atomic E-state index is -4.70. The zero-order valence-electron chi connectivity index (χ0n) is 36.1. The molecule has 1 saturated carbocycles. The van der Waals surface area contributed by atoms with E-state index in [4.69, 9.17) is 23.3 Å². The van der Waals surface area contributed by atoms with Gasteiger partial charge in [-0.05, 0) is 50.2 Å². The smallest absolute Gasteiger partial charge is 0.306 e. The molecule has 0 bridgehead atoms. The van der Waals surface area contributed by atoms with Crippen LogP contribution >= 0.6 is 7.82 Å². The first kappa shape index (κ1) is 51.2. The Bertz CT molecular complexity index is 1250. The van der Waals surface area contributed by atoms with Gasteiger partial charge in [0.2, 0.25) is 0 Å². The van der Waals surface area contributed by atoms with Crippen molar-refractivity contribution in [2.75, 3.05) is 47.5 Å². The summed E-state index contributed by atoms with van der Waals surface area (Å²) < 4.78 is 39.7. The highest BCUT2D eigenvalue weighted by Gasteiger charge is 2.42. The molecule has 0 spiro atoms. The Morgan fingerprint density at radius 2 is 1.44 bits per heavy atom. The molecule has 13 heteroatoms. The van der Waals surface area contributed by atoms with E-state index in [-0.39, 0.29) is 56.4 Å². The lowest BCUT2D eigenvalue weighted by molar-refractivity contribution is -0.870. The van der Waals surface area contributed by atoms with E-state index >= 15 is 0 Å². The molecule has 0 radical (unpaired) electrons. The maximum absolute atomic E-state index is 12.9. The number of quaternary nitrogens is 1. The molecule has 1 heterocycles. The molecule has 1 aliphatic carbocycles. The number of phosphoric ester groups is 1. The maximum atomic E-state index is 12.9. The molecule has 2 fully saturated rings. The minimum absolute atomic E-state index is 0.0324. The highest BCUT2D eigenvalue weighted by molar-refractivity contribution is 7.45. The van der Waals surface area contributed by atoms with E-state index in [0.717, 1.165) is 38.5 Å². The predicted octanol–water partition coefficient (Wildman–Crippen LogP) is 8.47. The van der Waals surface area contributed by atoms with E-state index in [1.54, 1.807) is 0 Å². The summed E-state index contributed by atoms with van der Waals surface area (Å²) in [5, 5.41) is 10.5. The van der Waals surface area contributed by atoms with Crippen LogP contribution in [0.4, 0.5) is 0 Å². The first-order valence-electron chi connectivity index (χ1n) is 22.2. The van der Waals surface area contributed by atoms with Crippen LogP contribution in [0.15, 0.2) is 23.8 Å². The van der Waals surface area contributed by atoms with Crippen molar-refractivity contribution in [2.45, 2.75) is 186 Å². The number of aliphatic hydroxyl groups excluding tert-OH is 1. The summed E-state index contributed by atoms with van der Waals surface area (Å²) in [6.07, 6.45) is 25.8. The summed E-state index contributed by atoms with van der Waals surface area (Å²) in [6, 6.07) is 0. The van der Waals surface area contributed by atoms with Gasteiger partial charge in [-0.1, -0.05) is 116 Å². The highest BCUT2D eigenvalue weighted by Crippen LogP contribution is 2.39. The number of likely N-dealkylation sites (N-methyl/N-ethyl adjacent to an activating group) is 1. The molecule has 57 heavy (non-hydrogen) atoms. The number of ether oxygens (including phenoxy) is 3. The van der Waals surface area contributed by atoms with Crippen molar-refractivity contribution in [3.8, 4) is 0 Å². The standard InChI is InChI=1S/C44H78NO11P/c1-6-8-10-12-14-15-16-17-18-19-20-22-24-28-43(48)52-34-36(35-54-57(50,51)53-31-30-45(3,4)5)55-44(49)29-25-27-41-42(56-41)32-38-37(39(46)33-40(38)47)26-23-21-13-11-9-7-2/h21,23,32,36-37,39,41-42,46H,6-20,22,24-31,33-35H2,1-5H3/b23-21-,38-32+/t36-,37+,39+,41+,42+/m0/s1. The van der Waals surface area contributed by atoms with Gasteiger partial charge < -0.3 is 37.7 Å². The number of rotatable bonds is 35. The number of hydrogen-bond acceptors (Lipinski definition) is 11. The van der Waals surface area contributed by atoms with Crippen molar-refractivity contribution in [1.82, 2.24) is 0 Å². The molecule has 6 atom stereocenters. The Labute approximate surface area is 344 Å². The lowest BCUT2D eigenvalue weighted by atomic mass is 9.95. The summed E-state index contributed by atoms with van der Waals surface area (Å²) in [5.74, 6) is -1.31. The number of ketones is 1. The number of phosphoric acid groups is 1. The van der Waals surface area contributed by atoms with E-state index in [9.17, 15) is 28.9 Å². The van der Waals surface area contributed by atoms with Gasteiger partial charge in [0.05, 0.1) is 40.0 Å². The van der Waals surface area contributed by atoms with Crippen LogP contribution in [0.5, 0.6) is 0 Å². The molecule has 1 saturated heterocycles. The molecule has 0 aromatic rings. The van der Waals surface area contributed by atoms with E-state index in [1.165, 1.54) is 64.2 Å². The van der Waals surface area contributed by atoms with Crippen molar-refractivity contribution in [3.05, 3.63) is 23.8 Å². The van der Waals surface area contributed by atoms with Gasteiger partial charge in [-0.2, -0.15) is 0 Å². The van der Waals surface area contributed by atoms with E-state index < -0.39 is 38.6 Å². The molecular formula is C44H78NO11P. The lowest BCUT2D eigenvalue weighted by Crippen LogP contribution is -2.37. The molecule has 0 aromatic carbocycles. The van der Waals surface area contributed by atoms with Crippen LogP contribution in [0.1, 0.15) is 162 Å². The van der Waals surface area contributed by atoms with Crippen molar-refractivity contribution in [2.24, 2.45) is 5.92 Å². The third-order valence-electron chi connectivity index (χ3n) is 10.6. The molecule has 1 aliphatic heterocycles. The van der Waals surface area contributed by atoms with Crippen molar-refractivity contribution in [1.29, 1.82) is 0 Å². The molecular weight excluding hydrogens is 749 g/mol. The van der Waals surface area contributed by atoms with Crippen LogP contribution < -0.4 is 4.89 Å². The maximum Gasteiger partial charge on any atom is 0.306 e. The largest absolute Gasteiger partial charge is 0.756 e. The van der Waals surface area contributed by atoms with Crippen LogP contribution in [-0.2, 0) is 42.2 Å². The second-order valence-electron chi connectivity index (χ2n) is 17.0. The number of epoxide rings is 1. The van der Waals surface area contributed by atoms with Crippen LogP contribution in [0, 0.1) is 5.92 Å². The van der Waals surface area contributed by atoms with Gasteiger partial charge in [0.15, 0.2) is 11.9 Å². The van der Waals surface area contributed by atoms with Gasteiger partial charge in [0, 0.05) is 25.2 Å². The number of hydrogen-bond donors (Lipinski definition) is 1. The summed E-state index contributed by atoms with van der Waals surface area (Å²) in [4.78, 5) is 50.5. The zero-order valence-corrected chi connectivity index (χ0v) is 37.0. The molecule has 330 valence electrons. The summed E-state index contributed by atoms with van der Waals surface area (Å²) >= 11 is 0. The molecule has 1 unspecified atom stereocenters. The molecule has 0 amide bonds. The van der Waals surface area contributed by atoms with E-state index in [2.05, 4.69) is 26.0 Å². The normalized spacial score (nSPS) is 21.9. The number of aliphatic hydroxyl groups is 1. The van der Waals surface area contributed by atoms with Crippen LogP contribution in [0.2, 0.25) is 0 Å². The third kappa shape index (κ3) is 25.3. The number of carbonyl (C=O) groups excluding carboxylic acids is 3. The minimum Gasteiger partial charge on any atom is -0.756 e. The molecule has 1 N–H and O–H groups in total. The van der Waals surface area contributed by atoms with Crippen molar-refractivity contribution in [3.63, 3.8) is 0 Å². The van der Waals surface area contributed by atoms with Gasteiger partial charge >= 0.3 is 11.9 Å².